The number of nitrogens with one attached hydrogen (secondary N) is 1. The molecule has 7 heteroatoms. The van der Waals surface area contributed by atoms with Gasteiger partial charge in [0, 0.05) is 11.0 Å². The lowest BCUT2D eigenvalue weighted by molar-refractivity contribution is -0.150. The number of hydrogen-bond acceptors (Lipinski definition) is 4. The lowest BCUT2D eigenvalue weighted by Gasteiger charge is -2.14. The molecule has 0 spiro atoms. The van der Waals surface area contributed by atoms with E-state index in [2.05, 4.69) is 5.32 Å². The van der Waals surface area contributed by atoms with Gasteiger partial charge < -0.3 is 10.1 Å². The van der Waals surface area contributed by atoms with Crippen LogP contribution in [0, 0.1) is 25.5 Å². The molecule has 0 unspecified atom stereocenters. The summed E-state index contributed by atoms with van der Waals surface area (Å²) in [5, 5.41) is 2.21. The van der Waals surface area contributed by atoms with Crippen LogP contribution in [0.3, 0.4) is 0 Å². The second-order valence-corrected chi connectivity index (χ2v) is 6.82. The number of hydrogen-bond donors (Lipinski definition) is 1. The van der Waals surface area contributed by atoms with E-state index in [1.807, 2.05) is 32.0 Å². The minimum absolute atomic E-state index is 0.0375. The summed E-state index contributed by atoms with van der Waals surface area (Å²) in [5.74, 6) is -2.73. The topological polar surface area (TPSA) is 55.4 Å². The third-order valence-electron chi connectivity index (χ3n) is 3.54. The molecule has 0 aliphatic rings. The van der Waals surface area contributed by atoms with E-state index in [1.165, 1.54) is 18.7 Å². The molecule has 0 aromatic heterocycles. The van der Waals surface area contributed by atoms with Gasteiger partial charge in [-0.1, -0.05) is 17.7 Å². The predicted octanol–water partition coefficient (Wildman–Crippen LogP) is 4.24. The van der Waals surface area contributed by atoms with Crippen LogP contribution in [0.25, 0.3) is 0 Å². The average molecular weight is 379 g/mol. The highest BCUT2D eigenvalue weighted by atomic mass is 32.2. The van der Waals surface area contributed by atoms with Crippen LogP contribution in [0.2, 0.25) is 0 Å². The zero-order valence-electron chi connectivity index (χ0n) is 14.6. The maximum absolute atomic E-state index is 13.5. The van der Waals surface area contributed by atoms with Crippen molar-refractivity contribution in [2.24, 2.45) is 0 Å². The predicted molar refractivity (Wildman–Crippen MR) is 97.2 cm³/mol. The molecule has 0 saturated heterocycles. The summed E-state index contributed by atoms with van der Waals surface area (Å²) in [6.07, 6.45) is -1.13. The van der Waals surface area contributed by atoms with Gasteiger partial charge in [-0.2, -0.15) is 0 Å². The monoisotopic (exact) mass is 379 g/mol. The normalized spacial score (nSPS) is 11.7. The van der Waals surface area contributed by atoms with Crippen LogP contribution in [0.5, 0.6) is 0 Å². The molecule has 1 amide bonds. The van der Waals surface area contributed by atoms with Crippen LogP contribution in [0.1, 0.15) is 18.1 Å². The number of anilines is 1. The quantitative estimate of drug-likeness (QED) is 0.602. The fourth-order valence-electron chi connectivity index (χ4n) is 2.21. The molecule has 0 aliphatic heterocycles. The van der Waals surface area contributed by atoms with E-state index in [0.29, 0.717) is 0 Å². The number of ether oxygens (including phenoxy) is 1. The minimum atomic E-state index is -1.13. The van der Waals surface area contributed by atoms with Crippen LogP contribution in [-0.2, 0) is 14.3 Å². The Kier molecular flexibility index (Phi) is 6.74. The first-order valence-corrected chi connectivity index (χ1v) is 8.90. The molecule has 2 aromatic rings. The molecule has 2 rings (SSSR count). The van der Waals surface area contributed by atoms with Gasteiger partial charge in [0.2, 0.25) is 0 Å². The van der Waals surface area contributed by atoms with Crippen LogP contribution < -0.4 is 5.32 Å². The van der Waals surface area contributed by atoms with E-state index >= 15 is 0 Å². The first-order chi connectivity index (χ1) is 12.3. The molecular formula is C19H19F2NO3S. The van der Waals surface area contributed by atoms with Crippen molar-refractivity contribution in [1.82, 2.24) is 0 Å². The third-order valence-corrected chi connectivity index (χ3v) is 4.69. The van der Waals surface area contributed by atoms with Crippen molar-refractivity contribution >= 4 is 29.3 Å². The Hall–Kier alpha value is -2.41. The summed E-state index contributed by atoms with van der Waals surface area (Å²) in [7, 11) is 0. The molecule has 1 N–H and O–H groups in total. The van der Waals surface area contributed by atoms with E-state index in [4.69, 9.17) is 4.74 Å². The molecule has 138 valence electrons. The van der Waals surface area contributed by atoms with E-state index in [9.17, 15) is 18.4 Å². The Morgan fingerprint density at radius 2 is 1.88 bits per heavy atom. The van der Waals surface area contributed by atoms with Crippen molar-refractivity contribution in [1.29, 1.82) is 0 Å². The number of aryl methyl sites for hydroxylation is 2. The van der Waals surface area contributed by atoms with Crippen LogP contribution in [-0.4, -0.2) is 23.7 Å². The SMILES string of the molecule is Cc1ccc(SCC(=O)O[C@@H](C)C(=O)Nc2cc(F)ccc2F)c(C)c1. The maximum Gasteiger partial charge on any atom is 0.317 e. The lowest BCUT2D eigenvalue weighted by Crippen LogP contribution is -2.30. The van der Waals surface area contributed by atoms with E-state index in [-0.39, 0.29) is 11.4 Å². The number of carbonyl (C=O) groups excluding carboxylic acids is 2. The van der Waals surface area contributed by atoms with Gasteiger partial charge in [0.05, 0.1) is 11.4 Å². The van der Waals surface area contributed by atoms with Crippen molar-refractivity contribution < 1.29 is 23.1 Å². The Morgan fingerprint density at radius 1 is 1.15 bits per heavy atom. The average Bonchev–Trinajstić information content (AvgIpc) is 2.57. The van der Waals surface area contributed by atoms with Gasteiger partial charge in [-0.3, -0.25) is 9.59 Å². The lowest BCUT2D eigenvalue weighted by atomic mass is 10.2. The van der Waals surface area contributed by atoms with Gasteiger partial charge in [0.15, 0.2) is 6.10 Å². The fourth-order valence-corrected chi connectivity index (χ4v) is 3.00. The second-order valence-electron chi connectivity index (χ2n) is 5.80. The molecule has 26 heavy (non-hydrogen) atoms. The maximum atomic E-state index is 13.5. The van der Waals surface area contributed by atoms with E-state index in [0.717, 1.165) is 34.2 Å². The summed E-state index contributed by atoms with van der Waals surface area (Å²) in [6, 6.07) is 8.59. The molecule has 0 aliphatic carbocycles. The zero-order chi connectivity index (χ0) is 19.3. The van der Waals surface area contributed by atoms with Gasteiger partial charge in [-0.05, 0) is 44.5 Å². The Labute approximate surface area is 154 Å². The number of halogens is 2. The summed E-state index contributed by atoms with van der Waals surface area (Å²) >= 11 is 1.31. The highest BCUT2D eigenvalue weighted by Crippen LogP contribution is 2.23. The van der Waals surface area contributed by atoms with Gasteiger partial charge >= 0.3 is 5.97 Å². The molecule has 0 fully saturated rings. The smallest absolute Gasteiger partial charge is 0.317 e. The van der Waals surface area contributed by atoms with E-state index in [1.54, 1.807) is 0 Å². The Morgan fingerprint density at radius 3 is 2.58 bits per heavy atom. The molecule has 2 aromatic carbocycles. The number of carbonyl (C=O) groups is 2. The van der Waals surface area contributed by atoms with Crippen LogP contribution in [0.15, 0.2) is 41.3 Å². The number of thioether (sulfide) groups is 1. The van der Waals surface area contributed by atoms with Gasteiger partial charge in [0.1, 0.15) is 11.6 Å². The van der Waals surface area contributed by atoms with Crippen LogP contribution >= 0.6 is 11.8 Å². The van der Waals surface area contributed by atoms with Crippen molar-refractivity contribution in [3.63, 3.8) is 0 Å². The van der Waals surface area contributed by atoms with Gasteiger partial charge in [-0.25, -0.2) is 8.78 Å². The number of esters is 1. The summed E-state index contributed by atoms with van der Waals surface area (Å²) in [4.78, 5) is 24.9. The minimum Gasteiger partial charge on any atom is -0.452 e. The standard InChI is InChI=1S/C19H19F2NO3S/c1-11-4-7-17(12(2)8-11)26-10-18(23)25-13(3)19(24)22-16-9-14(20)5-6-15(16)21/h4-9,13H,10H2,1-3H3,(H,22,24)/t13-/m0/s1. The molecular weight excluding hydrogens is 360 g/mol. The Balaban J connectivity index is 1.87. The molecule has 0 bridgehead atoms. The van der Waals surface area contributed by atoms with Crippen LogP contribution in [0.4, 0.5) is 14.5 Å². The highest BCUT2D eigenvalue weighted by molar-refractivity contribution is 8.00. The second kappa shape index (κ2) is 8.80. The van der Waals surface area contributed by atoms with Gasteiger partial charge in [0.25, 0.3) is 5.91 Å². The fraction of sp³-hybridized carbons (Fsp3) is 0.263. The van der Waals surface area contributed by atoms with Crippen molar-refractivity contribution in [3.8, 4) is 0 Å². The van der Waals surface area contributed by atoms with Crippen molar-refractivity contribution in [3.05, 3.63) is 59.2 Å². The zero-order valence-corrected chi connectivity index (χ0v) is 15.5. The van der Waals surface area contributed by atoms with Gasteiger partial charge in [-0.15, -0.1) is 11.8 Å². The largest absolute Gasteiger partial charge is 0.452 e. The summed E-state index contributed by atoms with van der Waals surface area (Å²) in [5.41, 5.74) is 1.88. The van der Waals surface area contributed by atoms with Crippen molar-refractivity contribution in [2.45, 2.75) is 31.8 Å². The third kappa shape index (κ3) is 5.56. The summed E-state index contributed by atoms with van der Waals surface area (Å²) < 4.78 is 31.7. The number of rotatable bonds is 6. The first kappa shape index (κ1) is 19.9. The molecule has 0 radical (unpaired) electrons. The number of amides is 1. The number of benzene rings is 2. The van der Waals surface area contributed by atoms with E-state index < -0.39 is 29.6 Å². The molecule has 0 saturated carbocycles. The first-order valence-electron chi connectivity index (χ1n) is 7.91. The molecule has 4 nitrogen and oxygen atoms in total. The highest BCUT2D eigenvalue weighted by Gasteiger charge is 2.19. The summed E-state index contributed by atoms with van der Waals surface area (Å²) in [6.45, 7) is 5.30. The molecule has 0 heterocycles. The Bertz CT molecular complexity index is 826. The molecule has 1 atom stereocenters. The van der Waals surface area contributed by atoms with Crippen molar-refractivity contribution in [2.75, 3.05) is 11.1 Å².